The maximum atomic E-state index is 12.9. The second-order valence-electron chi connectivity index (χ2n) is 5.63. The highest BCUT2D eigenvalue weighted by molar-refractivity contribution is 7.89. The van der Waals surface area contributed by atoms with Crippen molar-refractivity contribution in [2.45, 2.75) is 18.2 Å². The van der Waals surface area contributed by atoms with Gasteiger partial charge >= 0.3 is 0 Å². The first-order chi connectivity index (χ1) is 11.9. The minimum absolute atomic E-state index is 0. The van der Waals surface area contributed by atoms with Gasteiger partial charge in [0.15, 0.2) is 0 Å². The first kappa shape index (κ1) is 22.0. The second kappa shape index (κ2) is 9.63. The Morgan fingerprint density at radius 1 is 1.12 bits per heavy atom. The Morgan fingerprint density at radius 3 is 2.35 bits per heavy atom. The number of nitro benzene ring substituents is 1. The SMILES string of the molecule is Cc1ccc(S(=O)(=O)N(CCN)CCc2ccccc2)cc1[N+](=O)[O-].Cl. The summed E-state index contributed by atoms with van der Waals surface area (Å²) in [6, 6.07) is 13.5. The lowest BCUT2D eigenvalue weighted by atomic mass is 10.1. The van der Waals surface area contributed by atoms with Crippen molar-refractivity contribution < 1.29 is 13.3 Å². The predicted octanol–water partition coefficient (Wildman–Crippen LogP) is 2.52. The van der Waals surface area contributed by atoms with Crippen molar-refractivity contribution in [2.24, 2.45) is 5.73 Å². The Hall–Kier alpha value is -2.00. The number of aryl methyl sites for hydroxylation is 1. The monoisotopic (exact) mass is 399 g/mol. The van der Waals surface area contributed by atoms with E-state index < -0.39 is 14.9 Å². The van der Waals surface area contributed by atoms with Crippen molar-refractivity contribution in [1.82, 2.24) is 4.31 Å². The molecule has 0 fully saturated rings. The summed E-state index contributed by atoms with van der Waals surface area (Å²) in [5.74, 6) is 0. The van der Waals surface area contributed by atoms with Crippen LogP contribution in [0.3, 0.4) is 0 Å². The number of halogens is 1. The summed E-state index contributed by atoms with van der Waals surface area (Å²) in [6.07, 6.45) is 0.536. The van der Waals surface area contributed by atoms with Crippen molar-refractivity contribution >= 4 is 28.1 Å². The van der Waals surface area contributed by atoms with Gasteiger partial charge in [-0.05, 0) is 25.0 Å². The van der Waals surface area contributed by atoms with E-state index in [0.717, 1.165) is 11.6 Å². The molecule has 2 aromatic carbocycles. The maximum absolute atomic E-state index is 12.9. The molecule has 0 saturated heterocycles. The summed E-state index contributed by atoms with van der Waals surface area (Å²) in [4.78, 5) is 10.4. The largest absolute Gasteiger partial charge is 0.329 e. The van der Waals surface area contributed by atoms with Crippen molar-refractivity contribution in [1.29, 1.82) is 0 Å². The predicted molar refractivity (Wildman–Crippen MR) is 103 cm³/mol. The van der Waals surface area contributed by atoms with Crippen LogP contribution in [0.1, 0.15) is 11.1 Å². The van der Waals surface area contributed by atoms with Crippen LogP contribution in [-0.4, -0.2) is 37.3 Å². The Labute approximate surface area is 159 Å². The highest BCUT2D eigenvalue weighted by atomic mass is 35.5. The molecule has 0 unspecified atom stereocenters. The van der Waals surface area contributed by atoms with Crippen molar-refractivity contribution in [3.63, 3.8) is 0 Å². The van der Waals surface area contributed by atoms with Gasteiger partial charge in [0.05, 0.1) is 9.82 Å². The minimum Gasteiger partial charge on any atom is -0.329 e. The van der Waals surface area contributed by atoms with E-state index in [1.54, 1.807) is 6.92 Å². The topological polar surface area (TPSA) is 107 Å². The molecule has 26 heavy (non-hydrogen) atoms. The summed E-state index contributed by atoms with van der Waals surface area (Å²) in [7, 11) is -3.86. The number of nitrogens with two attached hydrogens (primary N) is 1. The maximum Gasteiger partial charge on any atom is 0.273 e. The fourth-order valence-electron chi connectivity index (χ4n) is 2.49. The molecule has 2 N–H and O–H groups in total. The van der Waals surface area contributed by atoms with Crippen LogP contribution in [0.4, 0.5) is 5.69 Å². The molecule has 9 heteroatoms. The zero-order valence-electron chi connectivity index (χ0n) is 14.4. The van der Waals surface area contributed by atoms with Gasteiger partial charge in [0.1, 0.15) is 0 Å². The number of nitrogens with zero attached hydrogens (tertiary/aromatic N) is 2. The average Bonchev–Trinajstić information content (AvgIpc) is 2.59. The third kappa shape index (κ3) is 5.25. The highest BCUT2D eigenvalue weighted by Gasteiger charge is 2.26. The molecule has 0 saturated carbocycles. The molecule has 142 valence electrons. The molecule has 2 rings (SSSR count). The summed E-state index contributed by atoms with van der Waals surface area (Å²) in [5, 5.41) is 11.1. The molecule has 0 aliphatic carbocycles. The van der Waals surface area contributed by atoms with E-state index in [1.165, 1.54) is 16.4 Å². The zero-order valence-corrected chi connectivity index (χ0v) is 16.0. The number of benzene rings is 2. The standard InChI is InChI=1S/C17H21N3O4S.ClH/c1-14-7-8-16(13-17(14)20(21)22)25(23,24)19(12-10-18)11-9-15-5-3-2-4-6-15;/h2-8,13H,9-12,18H2,1H3;1H. The number of hydrogen-bond donors (Lipinski definition) is 1. The molecular weight excluding hydrogens is 378 g/mol. The van der Waals surface area contributed by atoms with Crippen LogP contribution in [0.15, 0.2) is 53.4 Å². The quantitative estimate of drug-likeness (QED) is 0.542. The molecule has 2 aromatic rings. The van der Waals surface area contributed by atoms with E-state index in [4.69, 9.17) is 5.73 Å². The van der Waals surface area contributed by atoms with Crippen LogP contribution in [0, 0.1) is 17.0 Å². The van der Waals surface area contributed by atoms with Gasteiger partial charge in [0.25, 0.3) is 5.69 Å². The summed E-state index contributed by atoms with van der Waals surface area (Å²) in [5.41, 5.74) is 6.77. The Morgan fingerprint density at radius 2 is 1.77 bits per heavy atom. The third-order valence-electron chi connectivity index (χ3n) is 3.89. The second-order valence-corrected chi connectivity index (χ2v) is 7.57. The number of nitro groups is 1. The van der Waals surface area contributed by atoms with Gasteiger partial charge in [-0.15, -0.1) is 12.4 Å². The first-order valence-electron chi connectivity index (χ1n) is 7.85. The van der Waals surface area contributed by atoms with Crippen molar-refractivity contribution in [3.8, 4) is 0 Å². The van der Waals surface area contributed by atoms with Gasteiger partial charge in [-0.2, -0.15) is 4.31 Å². The van der Waals surface area contributed by atoms with Gasteiger partial charge in [-0.1, -0.05) is 36.4 Å². The van der Waals surface area contributed by atoms with Gasteiger partial charge in [-0.25, -0.2) is 8.42 Å². The molecule has 0 aliphatic heterocycles. The molecule has 0 bridgehead atoms. The summed E-state index contributed by atoms with van der Waals surface area (Å²) < 4.78 is 27.0. The van der Waals surface area contributed by atoms with Gasteiger partial charge < -0.3 is 5.73 Å². The highest BCUT2D eigenvalue weighted by Crippen LogP contribution is 2.24. The number of sulfonamides is 1. The lowest BCUT2D eigenvalue weighted by Gasteiger charge is -2.21. The van der Waals surface area contributed by atoms with Crippen LogP contribution in [-0.2, 0) is 16.4 Å². The van der Waals surface area contributed by atoms with Gasteiger partial charge in [0, 0.05) is 31.3 Å². The Bertz CT molecular complexity index is 844. The molecule has 0 aromatic heterocycles. The number of hydrogen-bond acceptors (Lipinski definition) is 5. The minimum atomic E-state index is -3.86. The number of rotatable bonds is 8. The van der Waals surface area contributed by atoms with Crippen LogP contribution < -0.4 is 5.73 Å². The van der Waals surface area contributed by atoms with E-state index in [2.05, 4.69) is 0 Å². The summed E-state index contributed by atoms with van der Waals surface area (Å²) >= 11 is 0. The fourth-order valence-corrected chi connectivity index (χ4v) is 3.97. The average molecular weight is 400 g/mol. The third-order valence-corrected chi connectivity index (χ3v) is 5.78. The zero-order chi connectivity index (χ0) is 18.4. The fraction of sp³-hybridized carbons (Fsp3) is 0.294. The first-order valence-corrected chi connectivity index (χ1v) is 9.29. The van der Waals surface area contributed by atoms with E-state index in [0.29, 0.717) is 12.0 Å². The van der Waals surface area contributed by atoms with E-state index in [-0.39, 0.29) is 42.6 Å². The normalized spacial score (nSPS) is 11.2. The van der Waals surface area contributed by atoms with Gasteiger partial charge in [-0.3, -0.25) is 10.1 Å². The van der Waals surface area contributed by atoms with Crippen molar-refractivity contribution in [2.75, 3.05) is 19.6 Å². The van der Waals surface area contributed by atoms with Crippen LogP contribution in [0.2, 0.25) is 0 Å². The van der Waals surface area contributed by atoms with Crippen molar-refractivity contribution in [3.05, 3.63) is 69.8 Å². The van der Waals surface area contributed by atoms with E-state index in [9.17, 15) is 18.5 Å². The summed E-state index contributed by atoms with van der Waals surface area (Å²) in [6.45, 7) is 2.14. The molecule has 0 atom stereocenters. The van der Waals surface area contributed by atoms with E-state index in [1.807, 2.05) is 30.3 Å². The van der Waals surface area contributed by atoms with E-state index >= 15 is 0 Å². The molecule has 0 aliphatic rings. The molecule has 0 radical (unpaired) electrons. The molecule has 7 nitrogen and oxygen atoms in total. The van der Waals surface area contributed by atoms with Crippen LogP contribution in [0.25, 0.3) is 0 Å². The van der Waals surface area contributed by atoms with Gasteiger partial charge in [0.2, 0.25) is 10.0 Å². The van der Waals surface area contributed by atoms with Crippen LogP contribution >= 0.6 is 12.4 Å². The Kier molecular flexibility index (Phi) is 8.16. The molecular formula is C17H22ClN3O4S. The Balaban J connectivity index is 0.00000338. The molecule has 0 heterocycles. The lowest BCUT2D eigenvalue weighted by Crippen LogP contribution is -2.37. The molecule has 0 amide bonds. The van der Waals surface area contributed by atoms with Crippen LogP contribution in [0.5, 0.6) is 0 Å². The lowest BCUT2D eigenvalue weighted by molar-refractivity contribution is -0.385. The molecule has 0 spiro atoms. The smallest absolute Gasteiger partial charge is 0.273 e.